The molecule has 0 aliphatic rings. The minimum absolute atomic E-state index is 1.19. The van der Waals surface area contributed by atoms with Crippen molar-refractivity contribution in [1.29, 1.82) is 0 Å². The molecule has 0 bridgehead atoms. The Bertz CT molecular complexity index is 788. The zero-order chi connectivity index (χ0) is 25.7. The van der Waals surface area contributed by atoms with Crippen molar-refractivity contribution in [2.75, 3.05) is 18.0 Å². The van der Waals surface area contributed by atoms with Crippen LogP contribution in [-0.4, -0.2) is 13.1 Å². The van der Waals surface area contributed by atoms with Gasteiger partial charge in [-0.15, -0.1) is 0 Å². The monoisotopic (exact) mass is 491 g/mol. The van der Waals surface area contributed by atoms with Gasteiger partial charge in [-0.05, 0) is 42.7 Å². The van der Waals surface area contributed by atoms with Gasteiger partial charge >= 0.3 is 0 Å². The van der Waals surface area contributed by atoms with Crippen molar-refractivity contribution in [1.82, 2.24) is 0 Å². The first-order valence-electron chi connectivity index (χ1n) is 15.2. The Balaban J connectivity index is 1.84. The third kappa shape index (κ3) is 13.3. The SMILES string of the molecule is CCCCCCCCCCN(CCCCCCCCCC)c1ccc(C=Cc2cccc[n+]2C)cc1. The number of aromatic nitrogens is 1. The van der Waals surface area contributed by atoms with Crippen LogP contribution < -0.4 is 9.47 Å². The molecule has 0 amide bonds. The number of benzene rings is 1. The van der Waals surface area contributed by atoms with Gasteiger partial charge in [0.15, 0.2) is 6.20 Å². The minimum atomic E-state index is 1.19. The second-order valence-corrected chi connectivity index (χ2v) is 10.6. The highest BCUT2D eigenvalue weighted by atomic mass is 15.1. The molecule has 0 saturated carbocycles. The smallest absolute Gasteiger partial charge is 0.204 e. The molecule has 2 aromatic rings. The molecule has 2 rings (SSSR count). The number of aryl methyl sites for hydroxylation is 1. The molecule has 1 aromatic heterocycles. The third-order valence-corrected chi connectivity index (χ3v) is 7.36. The number of nitrogens with zero attached hydrogens (tertiary/aromatic N) is 2. The van der Waals surface area contributed by atoms with Crippen LogP contribution in [0.3, 0.4) is 0 Å². The Labute approximate surface area is 223 Å². The summed E-state index contributed by atoms with van der Waals surface area (Å²) < 4.78 is 2.15. The van der Waals surface area contributed by atoms with Crippen LogP contribution in [0.1, 0.15) is 128 Å². The van der Waals surface area contributed by atoms with Crippen LogP contribution in [-0.2, 0) is 7.05 Å². The van der Waals surface area contributed by atoms with Crippen molar-refractivity contribution in [3.63, 3.8) is 0 Å². The van der Waals surface area contributed by atoms with Crippen molar-refractivity contribution < 1.29 is 4.57 Å². The van der Waals surface area contributed by atoms with Crippen molar-refractivity contribution in [2.24, 2.45) is 7.05 Å². The maximum Gasteiger partial charge on any atom is 0.204 e. The summed E-state index contributed by atoms with van der Waals surface area (Å²) >= 11 is 0. The van der Waals surface area contributed by atoms with Crippen molar-refractivity contribution >= 4 is 17.8 Å². The van der Waals surface area contributed by atoms with Gasteiger partial charge in [0, 0.05) is 37.0 Å². The molecule has 2 heteroatoms. The molecule has 0 saturated heterocycles. The topological polar surface area (TPSA) is 7.12 Å². The largest absolute Gasteiger partial charge is 0.372 e. The van der Waals surface area contributed by atoms with E-state index in [1.165, 1.54) is 133 Å². The highest BCUT2D eigenvalue weighted by Crippen LogP contribution is 2.20. The molecular weight excluding hydrogens is 436 g/mol. The first kappa shape index (κ1) is 30.1. The van der Waals surface area contributed by atoms with Gasteiger partial charge in [-0.1, -0.05) is 116 Å². The molecule has 200 valence electrons. The number of hydrogen-bond donors (Lipinski definition) is 0. The first-order chi connectivity index (χ1) is 17.7. The fourth-order valence-electron chi connectivity index (χ4n) is 4.93. The number of rotatable bonds is 21. The molecule has 0 unspecified atom stereocenters. The summed E-state index contributed by atoms with van der Waals surface area (Å²) in [6.07, 6.45) is 28.7. The standard InChI is InChI=1S/C34H55N2/c1-4-6-8-10-12-14-16-19-30-36(31-20-17-15-13-11-9-7-5-2)34-27-24-32(25-28-34)23-26-33-22-18-21-29-35(33)3/h18,21-29H,4-17,19-20,30-31H2,1-3H3/q+1. The van der Waals surface area contributed by atoms with Crippen molar-refractivity contribution in [3.8, 4) is 0 Å². The molecule has 0 fully saturated rings. The van der Waals surface area contributed by atoms with Gasteiger partial charge < -0.3 is 4.90 Å². The Morgan fingerprint density at radius 2 is 1.08 bits per heavy atom. The minimum Gasteiger partial charge on any atom is -0.372 e. The highest BCUT2D eigenvalue weighted by molar-refractivity contribution is 5.68. The Morgan fingerprint density at radius 1 is 0.583 bits per heavy atom. The summed E-state index contributed by atoms with van der Waals surface area (Å²) in [5.74, 6) is 0. The predicted molar refractivity (Wildman–Crippen MR) is 160 cm³/mol. The van der Waals surface area contributed by atoms with Gasteiger partial charge in [0.05, 0.1) is 0 Å². The summed E-state index contributed by atoms with van der Waals surface area (Å²) in [7, 11) is 2.09. The lowest BCUT2D eigenvalue weighted by atomic mass is 10.1. The number of hydrogen-bond acceptors (Lipinski definition) is 1. The van der Waals surface area contributed by atoms with Gasteiger partial charge in [-0.2, -0.15) is 0 Å². The molecular formula is C34H55N2+. The zero-order valence-corrected chi connectivity index (χ0v) is 23.9. The summed E-state index contributed by atoms with van der Waals surface area (Å²) in [5, 5.41) is 0. The quantitative estimate of drug-likeness (QED) is 0.124. The summed E-state index contributed by atoms with van der Waals surface area (Å²) in [6.45, 7) is 6.99. The van der Waals surface area contributed by atoms with Crippen LogP contribution in [0.5, 0.6) is 0 Å². The lowest BCUT2D eigenvalue weighted by Crippen LogP contribution is -2.30. The van der Waals surface area contributed by atoms with E-state index in [2.05, 4.69) is 91.2 Å². The number of anilines is 1. The van der Waals surface area contributed by atoms with E-state index >= 15 is 0 Å². The first-order valence-corrected chi connectivity index (χ1v) is 15.2. The van der Waals surface area contributed by atoms with Gasteiger partial charge in [0.1, 0.15) is 7.05 Å². The van der Waals surface area contributed by atoms with Gasteiger partial charge in [-0.3, -0.25) is 0 Å². The maximum atomic E-state index is 2.65. The van der Waals surface area contributed by atoms with Crippen molar-refractivity contribution in [3.05, 3.63) is 59.9 Å². The highest BCUT2D eigenvalue weighted by Gasteiger charge is 2.07. The van der Waals surface area contributed by atoms with Crippen LogP contribution in [0.15, 0.2) is 48.7 Å². The van der Waals surface area contributed by atoms with Crippen molar-refractivity contribution in [2.45, 2.75) is 117 Å². The van der Waals surface area contributed by atoms with Crippen LogP contribution in [0.2, 0.25) is 0 Å². The second-order valence-electron chi connectivity index (χ2n) is 10.6. The third-order valence-electron chi connectivity index (χ3n) is 7.36. The molecule has 1 heterocycles. The summed E-state index contributed by atoms with van der Waals surface area (Å²) in [4.78, 5) is 2.65. The molecule has 36 heavy (non-hydrogen) atoms. The van der Waals surface area contributed by atoms with E-state index in [1.807, 2.05) is 0 Å². The van der Waals surface area contributed by atoms with Gasteiger partial charge in [0.2, 0.25) is 5.69 Å². The summed E-state index contributed by atoms with van der Waals surface area (Å²) in [5.41, 5.74) is 3.87. The van der Waals surface area contributed by atoms with E-state index in [1.54, 1.807) is 0 Å². The average Bonchev–Trinajstić information content (AvgIpc) is 2.90. The molecule has 0 aliphatic carbocycles. The molecule has 0 N–H and O–H groups in total. The fourth-order valence-corrected chi connectivity index (χ4v) is 4.93. The maximum absolute atomic E-state index is 2.65. The van der Waals surface area contributed by atoms with Gasteiger partial charge in [-0.25, -0.2) is 4.57 Å². The molecule has 0 atom stereocenters. The van der Waals surface area contributed by atoms with Crippen LogP contribution in [0.25, 0.3) is 12.2 Å². The van der Waals surface area contributed by atoms with Crippen LogP contribution in [0, 0.1) is 0 Å². The Hall–Kier alpha value is -2.09. The molecule has 1 aromatic carbocycles. The second kappa shape index (κ2) is 20.0. The Morgan fingerprint density at radius 3 is 1.58 bits per heavy atom. The van der Waals surface area contributed by atoms with E-state index in [4.69, 9.17) is 0 Å². The van der Waals surface area contributed by atoms with E-state index in [9.17, 15) is 0 Å². The van der Waals surface area contributed by atoms with E-state index in [0.29, 0.717) is 0 Å². The summed E-state index contributed by atoms with van der Waals surface area (Å²) in [6, 6.07) is 15.5. The molecule has 0 spiro atoms. The van der Waals surface area contributed by atoms with Crippen LogP contribution >= 0.6 is 0 Å². The molecule has 0 radical (unpaired) electrons. The zero-order valence-electron chi connectivity index (χ0n) is 23.9. The molecule has 2 nitrogen and oxygen atoms in total. The predicted octanol–water partition coefficient (Wildman–Crippen LogP) is 9.77. The van der Waals surface area contributed by atoms with E-state index in [-0.39, 0.29) is 0 Å². The Kier molecular flexibility index (Phi) is 16.8. The number of pyridine rings is 1. The fraction of sp³-hybridized carbons (Fsp3) is 0.618. The normalized spacial score (nSPS) is 11.4. The van der Waals surface area contributed by atoms with E-state index in [0.717, 1.165) is 0 Å². The number of unbranched alkanes of at least 4 members (excludes halogenated alkanes) is 14. The lowest BCUT2D eigenvalue weighted by Gasteiger charge is -2.25. The van der Waals surface area contributed by atoms with Crippen LogP contribution in [0.4, 0.5) is 5.69 Å². The molecule has 0 aliphatic heterocycles. The van der Waals surface area contributed by atoms with E-state index < -0.39 is 0 Å². The average molecular weight is 492 g/mol. The van der Waals surface area contributed by atoms with Gasteiger partial charge in [0.25, 0.3) is 0 Å². The lowest BCUT2D eigenvalue weighted by molar-refractivity contribution is -0.673.